The summed E-state index contributed by atoms with van der Waals surface area (Å²) < 4.78 is 45.9. The topological polar surface area (TPSA) is 75.6 Å². The van der Waals surface area contributed by atoms with Gasteiger partial charge in [-0.2, -0.15) is 13.2 Å². The van der Waals surface area contributed by atoms with E-state index in [1.165, 1.54) is 24.3 Å². The molecule has 1 amide bonds. The summed E-state index contributed by atoms with van der Waals surface area (Å²) >= 11 is 0. The number of cyclic esters (lactones) is 1. The molecule has 1 aliphatic heterocycles. The highest BCUT2D eigenvalue weighted by Gasteiger charge is 2.76. The molecule has 0 saturated carbocycles. The van der Waals surface area contributed by atoms with Crippen LogP contribution >= 0.6 is 0 Å². The molecule has 1 aliphatic rings. The molecule has 126 valence electrons. The number of aliphatic hydroxyl groups is 1. The Hall–Kier alpha value is -2.09. The van der Waals surface area contributed by atoms with Crippen molar-refractivity contribution in [3.63, 3.8) is 0 Å². The Labute approximate surface area is 130 Å². The molecular weight excluding hydrogens is 315 g/mol. The summed E-state index contributed by atoms with van der Waals surface area (Å²) in [7, 11) is 0. The van der Waals surface area contributed by atoms with Crippen LogP contribution in [0.2, 0.25) is 0 Å². The molecule has 2 rings (SSSR count). The summed E-state index contributed by atoms with van der Waals surface area (Å²) in [5, 5.41) is 11.0. The SMILES string of the molecule is CC1(C)C(CO)OC(=O)C1(NC(=O)c1ccccc1)C(F)(F)F. The predicted octanol–water partition coefficient (Wildman–Crippen LogP) is 1.66. The minimum Gasteiger partial charge on any atom is -0.457 e. The highest BCUT2D eigenvalue weighted by atomic mass is 19.4. The van der Waals surface area contributed by atoms with Crippen molar-refractivity contribution in [3.8, 4) is 0 Å². The van der Waals surface area contributed by atoms with Crippen molar-refractivity contribution in [3.05, 3.63) is 35.9 Å². The monoisotopic (exact) mass is 331 g/mol. The Kier molecular flexibility index (Phi) is 4.14. The maximum atomic E-state index is 13.8. The number of carbonyl (C=O) groups is 2. The molecule has 5 nitrogen and oxygen atoms in total. The van der Waals surface area contributed by atoms with Gasteiger partial charge in [0.1, 0.15) is 6.10 Å². The van der Waals surface area contributed by atoms with Crippen LogP contribution in [0.5, 0.6) is 0 Å². The number of halogens is 3. The molecule has 1 aromatic carbocycles. The van der Waals surface area contributed by atoms with E-state index in [4.69, 9.17) is 0 Å². The number of carbonyl (C=O) groups excluding carboxylic acids is 2. The van der Waals surface area contributed by atoms with E-state index in [0.29, 0.717) is 0 Å². The maximum absolute atomic E-state index is 13.8. The quantitative estimate of drug-likeness (QED) is 0.826. The largest absolute Gasteiger partial charge is 0.457 e. The first kappa shape index (κ1) is 17.3. The highest BCUT2D eigenvalue weighted by molar-refractivity contribution is 5.99. The van der Waals surface area contributed by atoms with Crippen LogP contribution < -0.4 is 5.32 Å². The first-order valence-corrected chi connectivity index (χ1v) is 6.84. The summed E-state index contributed by atoms with van der Waals surface area (Å²) in [6, 6.07) is 7.24. The van der Waals surface area contributed by atoms with Gasteiger partial charge in [0.15, 0.2) is 0 Å². The summed E-state index contributed by atoms with van der Waals surface area (Å²) in [5.41, 5.74) is -5.14. The van der Waals surface area contributed by atoms with Gasteiger partial charge in [-0.3, -0.25) is 4.79 Å². The van der Waals surface area contributed by atoms with Gasteiger partial charge in [0.25, 0.3) is 5.91 Å². The van der Waals surface area contributed by atoms with Gasteiger partial charge in [0, 0.05) is 11.0 Å². The van der Waals surface area contributed by atoms with Gasteiger partial charge in [-0.25, -0.2) is 4.79 Å². The van der Waals surface area contributed by atoms with Crippen LogP contribution in [0.25, 0.3) is 0 Å². The number of benzene rings is 1. The zero-order valence-corrected chi connectivity index (χ0v) is 12.5. The van der Waals surface area contributed by atoms with Gasteiger partial charge in [0.05, 0.1) is 6.61 Å². The van der Waals surface area contributed by atoms with Gasteiger partial charge in [-0.1, -0.05) is 32.0 Å². The minimum atomic E-state index is -5.10. The lowest BCUT2D eigenvalue weighted by atomic mass is 9.70. The molecule has 2 N–H and O–H groups in total. The van der Waals surface area contributed by atoms with Crippen LogP contribution in [0.15, 0.2) is 30.3 Å². The number of hydrogen-bond acceptors (Lipinski definition) is 4. The molecule has 1 fully saturated rings. The number of esters is 1. The molecule has 8 heteroatoms. The fourth-order valence-electron chi connectivity index (χ4n) is 2.73. The summed E-state index contributed by atoms with van der Waals surface area (Å²) in [6.07, 6.45) is -6.48. The molecule has 0 bridgehead atoms. The highest BCUT2D eigenvalue weighted by Crippen LogP contribution is 2.51. The molecule has 0 spiro atoms. The van der Waals surface area contributed by atoms with Gasteiger partial charge in [-0.15, -0.1) is 0 Å². The number of alkyl halides is 3. The Morgan fingerprint density at radius 2 is 1.87 bits per heavy atom. The standard InChI is InChI=1S/C15H16F3NO4/c1-13(2)10(8-20)23-12(22)14(13,15(16,17)18)19-11(21)9-6-4-3-5-7-9/h3-7,10,20H,8H2,1-2H3,(H,19,21). The summed E-state index contributed by atoms with van der Waals surface area (Å²) in [6.45, 7) is 1.47. The third-order valence-electron chi connectivity index (χ3n) is 4.25. The van der Waals surface area contributed by atoms with Gasteiger partial charge >= 0.3 is 12.1 Å². The molecule has 0 aromatic heterocycles. The minimum absolute atomic E-state index is 0.0211. The first-order chi connectivity index (χ1) is 10.6. The number of nitrogens with one attached hydrogen (secondary N) is 1. The smallest absolute Gasteiger partial charge is 0.423 e. The van der Waals surface area contributed by atoms with Crippen molar-refractivity contribution in [2.24, 2.45) is 5.41 Å². The summed E-state index contributed by atoms with van der Waals surface area (Å²) in [4.78, 5) is 24.2. The third kappa shape index (κ3) is 2.46. The van der Waals surface area contributed by atoms with Crippen molar-refractivity contribution >= 4 is 11.9 Å². The van der Waals surface area contributed by atoms with Crippen LogP contribution in [-0.2, 0) is 9.53 Å². The Morgan fingerprint density at radius 3 is 2.30 bits per heavy atom. The molecule has 1 aromatic rings. The molecule has 2 atom stereocenters. The zero-order chi connectivity index (χ0) is 17.5. The molecule has 1 saturated heterocycles. The molecule has 0 aliphatic carbocycles. The van der Waals surface area contributed by atoms with Gasteiger partial charge in [0.2, 0.25) is 5.54 Å². The lowest BCUT2D eigenvalue weighted by Crippen LogP contribution is -2.69. The normalized spacial score (nSPS) is 26.7. The van der Waals surface area contributed by atoms with Crippen molar-refractivity contribution in [2.75, 3.05) is 6.61 Å². The van der Waals surface area contributed by atoms with Crippen LogP contribution in [0.1, 0.15) is 24.2 Å². The van der Waals surface area contributed by atoms with E-state index >= 15 is 0 Å². The predicted molar refractivity (Wildman–Crippen MR) is 73.4 cm³/mol. The maximum Gasteiger partial charge on any atom is 0.423 e. The van der Waals surface area contributed by atoms with Crippen LogP contribution in [0, 0.1) is 5.41 Å². The number of ether oxygens (including phenoxy) is 1. The second-order valence-electron chi connectivity index (χ2n) is 5.87. The van der Waals surface area contributed by atoms with E-state index in [0.717, 1.165) is 13.8 Å². The van der Waals surface area contributed by atoms with E-state index in [1.54, 1.807) is 11.4 Å². The number of hydrogen-bond donors (Lipinski definition) is 2. The first-order valence-electron chi connectivity index (χ1n) is 6.84. The lowest BCUT2D eigenvalue weighted by molar-refractivity contribution is -0.215. The van der Waals surface area contributed by atoms with Crippen molar-refractivity contribution in [2.45, 2.75) is 31.7 Å². The number of aliphatic hydroxyl groups excluding tert-OH is 1. The zero-order valence-electron chi connectivity index (χ0n) is 12.5. The Bertz CT molecular complexity index is 615. The lowest BCUT2D eigenvalue weighted by Gasteiger charge is -2.40. The van der Waals surface area contributed by atoms with Crippen LogP contribution in [-0.4, -0.2) is 41.4 Å². The van der Waals surface area contributed by atoms with E-state index < -0.39 is 41.7 Å². The second kappa shape index (κ2) is 5.52. The van der Waals surface area contributed by atoms with Crippen molar-refractivity contribution in [1.29, 1.82) is 0 Å². The molecule has 23 heavy (non-hydrogen) atoms. The van der Waals surface area contributed by atoms with Crippen LogP contribution in [0.4, 0.5) is 13.2 Å². The Morgan fingerprint density at radius 1 is 1.30 bits per heavy atom. The summed E-state index contributed by atoms with van der Waals surface area (Å²) in [5.74, 6) is -2.68. The van der Waals surface area contributed by atoms with E-state index in [-0.39, 0.29) is 5.56 Å². The van der Waals surface area contributed by atoms with Crippen molar-refractivity contribution < 1.29 is 32.6 Å². The molecular formula is C15H16F3NO4. The number of amides is 1. The second-order valence-corrected chi connectivity index (χ2v) is 5.87. The molecule has 2 unspecified atom stereocenters. The Balaban J connectivity index is 2.50. The fraction of sp³-hybridized carbons (Fsp3) is 0.467. The third-order valence-corrected chi connectivity index (χ3v) is 4.25. The van der Waals surface area contributed by atoms with E-state index in [1.807, 2.05) is 0 Å². The fourth-order valence-corrected chi connectivity index (χ4v) is 2.73. The van der Waals surface area contributed by atoms with E-state index in [2.05, 4.69) is 4.74 Å². The van der Waals surface area contributed by atoms with Crippen LogP contribution in [0.3, 0.4) is 0 Å². The average Bonchev–Trinajstić information content (AvgIpc) is 2.67. The van der Waals surface area contributed by atoms with Crippen molar-refractivity contribution in [1.82, 2.24) is 5.32 Å². The molecule has 0 radical (unpaired) electrons. The number of rotatable bonds is 3. The van der Waals surface area contributed by atoms with Gasteiger partial charge < -0.3 is 15.2 Å². The van der Waals surface area contributed by atoms with Gasteiger partial charge in [-0.05, 0) is 12.1 Å². The van der Waals surface area contributed by atoms with E-state index in [9.17, 15) is 27.9 Å². The molecule has 1 heterocycles. The average molecular weight is 331 g/mol.